The third-order valence-corrected chi connectivity index (χ3v) is 3.41. The van der Waals surface area contributed by atoms with Gasteiger partial charge in [0, 0.05) is 22.3 Å². The molecule has 0 aliphatic rings. The van der Waals surface area contributed by atoms with E-state index in [4.69, 9.17) is 10.9 Å². The number of rotatable bonds is 4. The number of oxime groups is 1. The van der Waals surface area contributed by atoms with E-state index in [2.05, 4.69) is 26.4 Å². The molecule has 5 heteroatoms. The Balaban J connectivity index is 2.03. The molecule has 0 saturated heterocycles. The van der Waals surface area contributed by atoms with Gasteiger partial charge in [0.1, 0.15) is 0 Å². The van der Waals surface area contributed by atoms with Crippen LogP contribution in [0.4, 0.5) is 5.69 Å². The monoisotopic (exact) mass is 319 g/mol. The molecule has 0 aliphatic carbocycles. The standard InChI is InChI=1S/C14H14BrN3O/c15-12-3-1-2-4-13(12)17-9-10-5-7-11(8-6-10)14(16)18-19/h1-8,17,19H,9H2,(H2,16,18). The number of nitrogens with zero attached hydrogens (tertiary/aromatic N) is 1. The average Bonchev–Trinajstić information content (AvgIpc) is 2.46. The van der Waals surface area contributed by atoms with Crippen molar-refractivity contribution in [3.05, 3.63) is 64.1 Å². The first-order valence-electron chi connectivity index (χ1n) is 5.76. The summed E-state index contributed by atoms with van der Waals surface area (Å²) in [5.41, 5.74) is 8.37. The van der Waals surface area contributed by atoms with Crippen LogP contribution in [-0.2, 0) is 6.54 Å². The highest BCUT2D eigenvalue weighted by Gasteiger charge is 2.00. The summed E-state index contributed by atoms with van der Waals surface area (Å²) < 4.78 is 1.03. The lowest BCUT2D eigenvalue weighted by molar-refractivity contribution is 0.318. The zero-order valence-electron chi connectivity index (χ0n) is 10.2. The number of hydrogen-bond donors (Lipinski definition) is 3. The number of halogens is 1. The van der Waals surface area contributed by atoms with Gasteiger partial charge in [0.15, 0.2) is 5.84 Å². The minimum Gasteiger partial charge on any atom is -0.409 e. The van der Waals surface area contributed by atoms with Crippen molar-refractivity contribution < 1.29 is 5.21 Å². The van der Waals surface area contributed by atoms with Crippen LogP contribution in [0, 0.1) is 0 Å². The molecule has 0 heterocycles. The average molecular weight is 320 g/mol. The summed E-state index contributed by atoms with van der Waals surface area (Å²) in [4.78, 5) is 0. The molecule has 0 bridgehead atoms. The molecule has 0 amide bonds. The van der Waals surface area contributed by atoms with E-state index in [-0.39, 0.29) is 5.84 Å². The van der Waals surface area contributed by atoms with Gasteiger partial charge >= 0.3 is 0 Å². The third-order valence-electron chi connectivity index (χ3n) is 2.71. The fourth-order valence-corrected chi connectivity index (χ4v) is 2.08. The maximum atomic E-state index is 8.59. The van der Waals surface area contributed by atoms with Gasteiger partial charge < -0.3 is 16.3 Å². The van der Waals surface area contributed by atoms with Crippen LogP contribution in [-0.4, -0.2) is 11.0 Å². The Morgan fingerprint density at radius 1 is 1.16 bits per heavy atom. The SMILES string of the molecule is NC(=NO)c1ccc(CNc2ccccc2Br)cc1. The van der Waals surface area contributed by atoms with Gasteiger partial charge in [-0.15, -0.1) is 0 Å². The molecular formula is C14H14BrN3O. The van der Waals surface area contributed by atoms with E-state index < -0.39 is 0 Å². The molecule has 0 aromatic heterocycles. The van der Waals surface area contributed by atoms with E-state index in [1.165, 1.54) is 0 Å². The van der Waals surface area contributed by atoms with E-state index in [0.29, 0.717) is 12.1 Å². The minimum absolute atomic E-state index is 0.116. The molecule has 4 nitrogen and oxygen atoms in total. The molecule has 98 valence electrons. The van der Waals surface area contributed by atoms with E-state index in [0.717, 1.165) is 15.7 Å². The van der Waals surface area contributed by atoms with Gasteiger partial charge in [-0.1, -0.05) is 41.6 Å². The second kappa shape index (κ2) is 6.24. The Morgan fingerprint density at radius 3 is 2.47 bits per heavy atom. The number of para-hydroxylation sites is 1. The lowest BCUT2D eigenvalue weighted by Gasteiger charge is -2.08. The molecule has 2 rings (SSSR count). The molecule has 0 unspecified atom stereocenters. The smallest absolute Gasteiger partial charge is 0.170 e. The van der Waals surface area contributed by atoms with E-state index in [1.54, 1.807) is 0 Å². The number of nitrogens with one attached hydrogen (secondary N) is 1. The van der Waals surface area contributed by atoms with Crippen molar-refractivity contribution in [2.24, 2.45) is 10.9 Å². The largest absolute Gasteiger partial charge is 0.409 e. The quantitative estimate of drug-likeness (QED) is 0.351. The van der Waals surface area contributed by atoms with Gasteiger partial charge in [-0.2, -0.15) is 0 Å². The lowest BCUT2D eigenvalue weighted by atomic mass is 10.1. The van der Waals surface area contributed by atoms with Crippen LogP contribution >= 0.6 is 15.9 Å². The van der Waals surface area contributed by atoms with Crippen LogP contribution in [0.3, 0.4) is 0 Å². The van der Waals surface area contributed by atoms with E-state index >= 15 is 0 Å². The van der Waals surface area contributed by atoms with Gasteiger partial charge in [0.2, 0.25) is 0 Å². The van der Waals surface area contributed by atoms with Gasteiger partial charge in [0.05, 0.1) is 0 Å². The first kappa shape index (κ1) is 13.4. The highest BCUT2D eigenvalue weighted by molar-refractivity contribution is 9.10. The van der Waals surface area contributed by atoms with E-state index in [1.807, 2.05) is 48.5 Å². The van der Waals surface area contributed by atoms with Crippen LogP contribution in [0.15, 0.2) is 58.2 Å². The van der Waals surface area contributed by atoms with Crippen LogP contribution in [0.25, 0.3) is 0 Å². The van der Waals surface area contributed by atoms with Crippen molar-refractivity contribution in [3.63, 3.8) is 0 Å². The summed E-state index contributed by atoms with van der Waals surface area (Å²) in [7, 11) is 0. The second-order valence-corrected chi connectivity index (χ2v) is 4.87. The molecule has 0 fully saturated rings. The second-order valence-electron chi connectivity index (χ2n) is 4.02. The Hall–Kier alpha value is -2.01. The molecule has 0 aliphatic heterocycles. The van der Waals surface area contributed by atoms with Crippen molar-refractivity contribution in [2.75, 3.05) is 5.32 Å². The Morgan fingerprint density at radius 2 is 1.84 bits per heavy atom. The Kier molecular flexibility index (Phi) is 4.41. The van der Waals surface area contributed by atoms with Crippen LogP contribution in [0.2, 0.25) is 0 Å². The van der Waals surface area contributed by atoms with Crippen molar-refractivity contribution in [3.8, 4) is 0 Å². The maximum Gasteiger partial charge on any atom is 0.170 e. The normalized spacial score (nSPS) is 11.3. The zero-order valence-corrected chi connectivity index (χ0v) is 11.8. The van der Waals surface area contributed by atoms with Crippen molar-refractivity contribution >= 4 is 27.5 Å². The number of hydrogen-bond acceptors (Lipinski definition) is 3. The molecule has 0 atom stereocenters. The van der Waals surface area contributed by atoms with Crippen molar-refractivity contribution in [2.45, 2.75) is 6.54 Å². The minimum atomic E-state index is 0.116. The van der Waals surface area contributed by atoms with Gasteiger partial charge in [-0.3, -0.25) is 0 Å². The summed E-state index contributed by atoms with van der Waals surface area (Å²) >= 11 is 3.49. The summed E-state index contributed by atoms with van der Waals surface area (Å²) in [5, 5.41) is 14.9. The molecule has 2 aromatic carbocycles. The predicted octanol–water partition coefficient (Wildman–Crippen LogP) is 3.16. The van der Waals surface area contributed by atoms with Crippen LogP contribution < -0.4 is 11.1 Å². The number of amidine groups is 1. The summed E-state index contributed by atoms with van der Waals surface area (Å²) in [6, 6.07) is 15.5. The highest BCUT2D eigenvalue weighted by atomic mass is 79.9. The summed E-state index contributed by atoms with van der Waals surface area (Å²) in [6.45, 7) is 0.707. The van der Waals surface area contributed by atoms with Crippen LogP contribution in [0.5, 0.6) is 0 Å². The van der Waals surface area contributed by atoms with Crippen molar-refractivity contribution in [1.82, 2.24) is 0 Å². The van der Waals surface area contributed by atoms with Crippen molar-refractivity contribution in [1.29, 1.82) is 0 Å². The summed E-state index contributed by atoms with van der Waals surface area (Å²) in [6.07, 6.45) is 0. The number of nitrogens with two attached hydrogens (primary N) is 1. The Bertz CT molecular complexity index is 581. The fourth-order valence-electron chi connectivity index (χ4n) is 1.65. The van der Waals surface area contributed by atoms with Gasteiger partial charge in [0.25, 0.3) is 0 Å². The first-order chi connectivity index (χ1) is 9.20. The predicted molar refractivity (Wildman–Crippen MR) is 80.4 cm³/mol. The Labute approximate surface area is 120 Å². The number of anilines is 1. The first-order valence-corrected chi connectivity index (χ1v) is 6.55. The molecule has 0 saturated carbocycles. The molecule has 19 heavy (non-hydrogen) atoms. The zero-order chi connectivity index (χ0) is 13.7. The maximum absolute atomic E-state index is 8.59. The molecule has 4 N–H and O–H groups in total. The number of benzene rings is 2. The molecule has 2 aromatic rings. The van der Waals surface area contributed by atoms with Crippen LogP contribution in [0.1, 0.15) is 11.1 Å². The molecule has 0 spiro atoms. The lowest BCUT2D eigenvalue weighted by Crippen LogP contribution is -2.13. The van der Waals surface area contributed by atoms with E-state index in [9.17, 15) is 0 Å². The highest BCUT2D eigenvalue weighted by Crippen LogP contribution is 2.21. The topological polar surface area (TPSA) is 70.6 Å². The molecule has 0 radical (unpaired) electrons. The van der Waals surface area contributed by atoms with Gasteiger partial charge in [-0.25, -0.2) is 0 Å². The fraction of sp³-hybridized carbons (Fsp3) is 0.0714. The van der Waals surface area contributed by atoms with Gasteiger partial charge in [-0.05, 0) is 33.6 Å². The third kappa shape index (κ3) is 3.48. The molecular weight excluding hydrogens is 306 g/mol. The summed E-state index contributed by atoms with van der Waals surface area (Å²) in [5.74, 6) is 0.116.